The fourth-order valence-corrected chi connectivity index (χ4v) is 2.91. The summed E-state index contributed by atoms with van der Waals surface area (Å²) in [6.07, 6.45) is 6.50. The van der Waals surface area contributed by atoms with E-state index >= 15 is 0 Å². The monoisotopic (exact) mass is 274 g/mol. The minimum Gasteiger partial charge on any atom is -0.385 e. The average molecular weight is 274 g/mol. The SMILES string of the molecule is CCNc1ccc(C)cc1C(=O)NCC1CCCCC1. The molecule has 0 saturated heterocycles. The van der Waals surface area contributed by atoms with Crippen LogP contribution in [0.15, 0.2) is 18.2 Å². The molecule has 0 aromatic heterocycles. The van der Waals surface area contributed by atoms with Crippen LogP contribution in [0.2, 0.25) is 0 Å². The predicted molar refractivity (Wildman–Crippen MR) is 84.3 cm³/mol. The summed E-state index contributed by atoms with van der Waals surface area (Å²) >= 11 is 0. The van der Waals surface area contributed by atoms with Gasteiger partial charge in [-0.05, 0) is 44.7 Å². The highest BCUT2D eigenvalue weighted by atomic mass is 16.1. The maximum absolute atomic E-state index is 12.4. The Morgan fingerprint density at radius 3 is 2.70 bits per heavy atom. The summed E-state index contributed by atoms with van der Waals surface area (Å²) in [5.41, 5.74) is 2.82. The van der Waals surface area contributed by atoms with Crippen molar-refractivity contribution in [1.82, 2.24) is 5.32 Å². The summed E-state index contributed by atoms with van der Waals surface area (Å²) in [7, 11) is 0. The number of hydrogen-bond donors (Lipinski definition) is 2. The van der Waals surface area contributed by atoms with Crippen LogP contribution in [0.5, 0.6) is 0 Å². The summed E-state index contributed by atoms with van der Waals surface area (Å²) in [4.78, 5) is 12.4. The van der Waals surface area contributed by atoms with E-state index in [1.165, 1.54) is 32.1 Å². The molecule has 0 spiro atoms. The Labute approximate surface area is 122 Å². The lowest BCUT2D eigenvalue weighted by atomic mass is 9.89. The third-order valence-electron chi connectivity index (χ3n) is 4.06. The standard InChI is InChI=1S/C17H26N2O/c1-3-18-16-10-9-13(2)11-15(16)17(20)19-12-14-7-5-4-6-8-14/h9-11,14,18H,3-8,12H2,1-2H3,(H,19,20). The van der Waals surface area contributed by atoms with Crippen LogP contribution < -0.4 is 10.6 Å². The van der Waals surface area contributed by atoms with Crippen LogP contribution in [0.4, 0.5) is 5.69 Å². The smallest absolute Gasteiger partial charge is 0.253 e. The number of anilines is 1. The molecule has 3 nitrogen and oxygen atoms in total. The second kappa shape index (κ2) is 7.32. The van der Waals surface area contributed by atoms with Gasteiger partial charge in [-0.15, -0.1) is 0 Å². The van der Waals surface area contributed by atoms with E-state index in [0.717, 1.165) is 29.9 Å². The zero-order chi connectivity index (χ0) is 14.4. The number of hydrogen-bond acceptors (Lipinski definition) is 2. The van der Waals surface area contributed by atoms with E-state index < -0.39 is 0 Å². The van der Waals surface area contributed by atoms with Gasteiger partial charge in [0.2, 0.25) is 0 Å². The van der Waals surface area contributed by atoms with Gasteiger partial charge in [-0.1, -0.05) is 30.9 Å². The molecule has 1 fully saturated rings. The Balaban J connectivity index is 1.98. The molecule has 1 aromatic carbocycles. The van der Waals surface area contributed by atoms with Crippen LogP contribution in [0.1, 0.15) is 54.9 Å². The molecule has 0 radical (unpaired) electrons. The highest BCUT2D eigenvalue weighted by molar-refractivity contribution is 5.99. The maximum atomic E-state index is 12.4. The van der Waals surface area contributed by atoms with E-state index in [0.29, 0.717) is 5.92 Å². The molecular weight excluding hydrogens is 248 g/mol. The van der Waals surface area contributed by atoms with Gasteiger partial charge >= 0.3 is 0 Å². The third-order valence-corrected chi connectivity index (χ3v) is 4.06. The van der Waals surface area contributed by atoms with E-state index in [9.17, 15) is 4.79 Å². The molecule has 0 unspecified atom stereocenters. The van der Waals surface area contributed by atoms with E-state index in [2.05, 4.69) is 10.6 Å². The summed E-state index contributed by atoms with van der Waals surface area (Å²) in [6.45, 7) is 5.71. The van der Waals surface area contributed by atoms with Crippen LogP contribution in [0.25, 0.3) is 0 Å². The number of nitrogens with one attached hydrogen (secondary N) is 2. The largest absolute Gasteiger partial charge is 0.385 e. The maximum Gasteiger partial charge on any atom is 0.253 e. The Bertz CT molecular complexity index is 450. The van der Waals surface area contributed by atoms with Gasteiger partial charge in [0, 0.05) is 18.8 Å². The Morgan fingerprint density at radius 1 is 1.25 bits per heavy atom. The summed E-state index contributed by atoms with van der Waals surface area (Å²) in [5.74, 6) is 0.718. The highest BCUT2D eigenvalue weighted by Gasteiger charge is 2.16. The van der Waals surface area contributed by atoms with E-state index in [-0.39, 0.29) is 5.91 Å². The number of benzene rings is 1. The molecule has 3 heteroatoms. The second-order valence-electron chi connectivity index (χ2n) is 5.79. The lowest BCUT2D eigenvalue weighted by Gasteiger charge is -2.22. The van der Waals surface area contributed by atoms with Crippen molar-refractivity contribution in [2.75, 3.05) is 18.4 Å². The number of amides is 1. The Morgan fingerprint density at radius 2 is 2.00 bits per heavy atom. The van der Waals surface area contributed by atoms with Gasteiger partial charge in [0.1, 0.15) is 0 Å². The number of carbonyl (C=O) groups is 1. The Hall–Kier alpha value is -1.51. The summed E-state index contributed by atoms with van der Waals surface area (Å²) < 4.78 is 0. The van der Waals surface area contributed by atoms with Gasteiger partial charge in [-0.3, -0.25) is 4.79 Å². The summed E-state index contributed by atoms with van der Waals surface area (Å²) in [5, 5.41) is 6.38. The second-order valence-corrected chi connectivity index (χ2v) is 5.79. The molecule has 0 aliphatic heterocycles. The highest BCUT2D eigenvalue weighted by Crippen LogP contribution is 2.23. The van der Waals surface area contributed by atoms with Gasteiger partial charge in [0.25, 0.3) is 5.91 Å². The van der Waals surface area contributed by atoms with Gasteiger partial charge in [0.05, 0.1) is 5.56 Å². The zero-order valence-corrected chi connectivity index (χ0v) is 12.7. The van der Waals surface area contributed by atoms with Gasteiger partial charge in [0.15, 0.2) is 0 Å². The fraction of sp³-hybridized carbons (Fsp3) is 0.588. The molecule has 2 N–H and O–H groups in total. The number of aryl methyl sites for hydroxylation is 1. The quantitative estimate of drug-likeness (QED) is 0.859. The van der Waals surface area contributed by atoms with Crippen molar-refractivity contribution < 1.29 is 4.79 Å². The van der Waals surface area contributed by atoms with Crippen molar-refractivity contribution in [1.29, 1.82) is 0 Å². The molecule has 1 aliphatic carbocycles. The molecule has 1 aromatic rings. The van der Waals surface area contributed by atoms with Crippen molar-refractivity contribution in [2.24, 2.45) is 5.92 Å². The van der Waals surface area contributed by atoms with Crippen molar-refractivity contribution in [3.63, 3.8) is 0 Å². The molecular formula is C17H26N2O. The fourth-order valence-electron chi connectivity index (χ4n) is 2.91. The first kappa shape index (κ1) is 14.9. The zero-order valence-electron chi connectivity index (χ0n) is 12.7. The molecule has 0 atom stereocenters. The molecule has 0 heterocycles. The average Bonchev–Trinajstić information content (AvgIpc) is 2.48. The topological polar surface area (TPSA) is 41.1 Å². The minimum absolute atomic E-state index is 0.0511. The van der Waals surface area contributed by atoms with Crippen LogP contribution in [-0.2, 0) is 0 Å². The number of carbonyl (C=O) groups excluding carboxylic acids is 1. The predicted octanol–water partition coefficient (Wildman–Crippen LogP) is 3.74. The van der Waals surface area contributed by atoms with Gasteiger partial charge < -0.3 is 10.6 Å². The summed E-state index contributed by atoms with van der Waals surface area (Å²) in [6, 6.07) is 6.00. The van der Waals surface area contributed by atoms with E-state index in [4.69, 9.17) is 0 Å². The van der Waals surface area contributed by atoms with E-state index in [1.807, 2.05) is 32.0 Å². The molecule has 0 bridgehead atoms. The Kier molecular flexibility index (Phi) is 5.45. The van der Waals surface area contributed by atoms with Gasteiger partial charge in [-0.25, -0.2) is 0 Å². The molecule has 2 rings (SSSR count). The minimum atomic E-state index is 0.0511. The van der Waals surface area contributed by atoms with Crippen molar-refractivity contribution >= 4 is 11.6 Å². The van der Waals surface area contributed by atoms with Crippen LogP contribution >= 0.6 is 0 Å². The molecule has 1 saturated carbocycles. The first-order valence-electron chi connectivity index (χ1n) is 7.83. The molecule has 20 heavy (non-hydrogen) atoms. The molecule has 110 valence electrons. The van der Waals surface area contributed by atoms with Crippen LogP contribution in [0, 0.1) is 12.8 Å². The van der Waals surface area contributed by atoms with Crippen molar-refractivity contribution in [2.45, 2.75) is 46.0 Å². The molecule has 1 amide bonds. The first-order valence-corrected chi connectivity index (χ1v) is 7.83. The van der Waals surface area contributed by atoms with Crippen molar-refractivity contribution in [3.8, 4) is 0 Å². The normalized spacial score (nSPS) is 15.9. The first-order chi connectivity index (χ1) is 9.70. The van der Waals surface area contributed by atoms with Crippen molar-refractivity contribution in [3.05, 3.63) is 29.3 Å². The van der Waals surface area contributed by atoms with Gasteiger partial charge in [-0.2, -0.15) is 0 Å². The lowest BCUT2D eigenvalue weighted by molar-refractivity contribution is 0.0944. The van der Waals surface area contributed by atoms with Crippen LogP contribution in [-0.4, -0.2) is 19.0 Å². The van der Waals surface area contributed by atoms with E-state index in [1.54, 1.807) is 0 Å². The lowest BCUT2D eigenvalue weighted by Crippen LogP contribution is -2.30. The van der Waals surface area contributed by atoms with Crippen LogP contribution in [0.3, 0.4) is 0 Å². The molecule has 1 aliphatic rings. The third kappa shape index (κ3) is 3.99. The number of rotatable bonds is 5.